The van der Waals surface area contributed by atoms with Gasteiger partial charge in [0.15, 0.2) is 5.75 Å². The van der Waals surface area contributed by atoms with Gasteiger partial charge in [0.1, 0.15) is 6.61 Å². The molecule has 0 amide bonds. The van der Waals surface area contributed by atoms with Crippen molar-refractivity contribution < 1.29 is 9.57 Å². The van der Waals surface area contributed by atoms with E-state index in [-0.39, 0.29) is 5.43 Å². The van der Waals surface area contributed by atoms with Gasteiger partial charge in [-0.1, -0.05) is 26.7 Å². The molecule has 1 aromatic rings. The van der Waals surface area contributed by atoms with Gasteiger partial charge >= 0.3 is 0 Å². The third-order valence-corrected chi connectivity index (χ3v) is 2.90. The Bertz CT molecular complexity index is 443. The van der Waals surface area contributed by atoms with E-state index < -0.39 is 0 Å². The smallest absolute Gasteiger partial charge is 0.223 e. The lowest BCUT2D eigenvalue weighted by Crippen LogP contribution is -2.24. The Morgan fingerprint density at radius 2 is 1.90 bits per heavy atom. The predicted molar refractivity (Wildman–Crippen MR) is 80.2 cm³/mol. The Labute approximate surface area is 120 Å². The maximum atomic E-state index is 12.0. The maximum absolute atomic E-state index is 12.0. The van der Waals surface area contributed by atoms with Crippen LogP contribution in [0.15, 0.2) is 17.1 Å². The van der Waals surface area contributed by atoms with Crippen molar-refractivity contribution in [3.05, 3.63) is 28.2 Å². The van der Waals surface area contributed by atoms with Crippen LogP contribution >= 0.6 is 0 Å². The van der Waals surface area contributed by atoms with Gasteiger partial charge in [-0.3, -0.25) is 4.79 Å². The van der Waals surface area contributed by atoms with Crippen LogP contribution in [-0.2, 0) is 6.54 Å². The standard InChI is InChI=1S/C15H26N2O3/c1-4-6-8-19-15-12-17(20-9-7-5-2)13(11-16-3)10-14(15)18/h10,12,16H,4-9,11H2,1-3H3. The van der Waals surface area contributed by atoms with Crippen LogP contribution in [0.5, 0.6) is 5.75 Å². The molecular weight excluding hydrogens is 256 g/mol. The van der Waals surface area contributed by atoms with Gasteiger partial charge in [0.25, 0.3) is 0 Å². The minimum absolute atomic E-state index is 0.0957. The van der Waals surface area contributed by atoms with Crippen LogP contribution in [0.2, 0.25) is 0 Å². The lowest BCUT2D eigenvalue weighted by molar-refractivity contribution is 0.0963. The van der Waals surface area contributed by atoms with Crippen LogP contribution in [0.1, 0.15) is 45.2 Å². The molecule has 0 spiro atoms. The Morgan fingerprint density at radius 3 is 2.55 bits per heavy atom. The lowest BCUT2D eigenvalue weighted by atomic mass is 10.3. The number of hydrogen-bond donors (Lipinski definition) is 1. The maximum Gasteiger partial charge on any atom is 0.223 e. The molecular formula is C15H26N2O3. The van der Waals surface area contributed by atoms with E-state index in [1.807, 2.05) is 7.05 Å². The second-order valence-electron chi connectivity index (χ2n) is 4.74. The van der Waals surface area contributed by atoms with Gasteiger partial charge in [-0.05, 0) is 19.9 Å². The Kier molecular flexibility index (Phi) is 7.80. The molecule has 0 saturated heterocycles. The van der Waals surface area contributed by atoms with Crippen molar-refractivity contribution in [3.63, 3.8) is 0 Å². The highest BCUT2D eigenvalue weighted by molar-refractivity contribution is 5.21. The molecule has 1 aromatic heterocycles. The average molecular weight is 282 g/mol. The van der Waals surface area contributed by atoms with Gasteiger partial charge in [-0.15, -0.1) is 0 Å². The van der Waals surface area contributed by atoms with Crippen LogP contribution in [0.3, 0.4) is 0 Å². The number of rotatable bonds is 10. The minimum Gasteiger partial charge on any atom is -0.488 e. The van der Waals surface area contributed by atoms with E-state index in [0.717, 1.165) is 31.4 Å². The first kappa shape index (κ1) is 16.6. The van der Waals surface area contributed by atoms with Crippen molar-refractivity contribution in [2.24, 2.45) is 0 Å². The van der Waals surface area contributed by atoms with E-state index in [1.165, 1.54) is 0 Å². The largest absolute Gasteiger partial charge is 0.488 e. The van der Waals surface area contributed by atoms with Crippen molar-refractivity contribution in [2.75, 3.05) is 20.3 Å². The Morgan fingerprint density at radius 1 is 1.20 bits per heavy atom. The molecule has 1 heterocycles. The average Bonchev–Trinajstić information content (AvgIpc) is 2.43. The summed E-state index contributed by atoms with van der Waals surface area (Å²) in [5.41, 5.74) is 0.707. The second-order valence-corrected chi connectivity index (χ2v) is 4.74. The summed E-state index contributed by atoms with van der Waals surface area (Å²) in [4.78, 5) is 17.7. The SMILES string of the molecule is CCCCOc1cn(OCCCC)c(CNC)cc1=O. The minimum atomic E-state index is -0.0957. The van der Waals surface area contributed by atoms with Crippen molar-refractivity contribution >= 4 is 0 Å². The molecule has 0 radical (unpaired) electrons. The van der Waals surface area contributed by atoms with E-state index in [4.69, 9.17) is 9.57 Å². The monoisotopic (exact) mass is 282 g/mol. The summed E-state index contributed by atoms with van der Waals surface area (Å²) in [5, 5.41) is 3.03. The van der Waals surface area contributed by atoms with Gasteiger partial charge in [-0.2, -0.15) is 4.73 Å². The highest BCUT2D eigenvalue weighted by Crippen LogP contribution is 2.07. The molecule has 0 saturated carbocycles. The quantitative estimate of drug-likeness (QED) is 0.667. The fourth-order valence-corrected chi connectivity index (χ4v) is 1.71. The Balaban J connectivity index is 2.85. The van der Waals surface area contributed by atoms with E-state index in [2.05, 4.69) is 19.2 Å². The zero-order chi connectivity index (χ0) is 14.8. The fraction of sp³-hybridized carbons (Fsp3) is 0.667. The van der Waals surface area contributed by atoms with E-state index in [0.29, 0.717) is 25.5 Å². The molecule has 0 aliphatic rings. The molecule has 0 aliphatic carbocycles. The van der Waals surface area contributed by atoms with Crippen LogP contribution in [0, 0.1) is 0 Å². The van der Waals surface area contributed by atoms with E-state index >= 15 is 0 Å². The van der Waals surface area contributed by atoms with Crippen molar-refractivity contribution in [3.8, 4) is 5.75 Å². The zero-order valence-corrected chi connectivity index (χ0v) is 12.8. The number of aromatic nitrogens is 1. The zero-order valence-electron chi connectivity index (χ0n) is 12.8. The highest BCUT2D eigenvalue weighted by atomic mass is 16.7. The molecule has 5 nitrogen and oxygen atoms in total. The van der Waals surface area contributed by atoms with Crippen LogP contribution in [-0.4, -0.2) is 25.0 Å². The number of nitrogens with zero attached hydrogens (tertiary/aromatic N) is 1. The van der Waals surface area contributed by atoms with Crippen LogP contribution in [0.4, 0.5) is 0 Å². The summed E-state index contributed by atoms with van der Waals surface area (Å²) in [6.07, 6.45) is 5.69. The van der Waals surface area contributed by atoms with E-state index in [9.17, 15) is 4.79 Å². The van der Waals surface area contributed by atoms with Gasteiger partial charge in [-0.25, -0.2) is 0 Å². The molecule has 0 fully saturated rings. The molecule has 5 heteroatoms. The molecule has 1 rings (SSSR count). The molecule has 0 aliphatic heterocycles. The molecule has 20 heavy (non-hydrogen) atoms. The Hall–Kier alpha value is -1.49. The first-order valence-corrected chi connectivity index (χ1v) is 7.39. The summed E-state index contributed by atoms with van der Waals surface area (Å²) in [7, 11) is 1.84. The summed E-state index contributed by atoms with van der Waals surface area (Å²) in [6.45, 7) is 5.97. The summed E-state index contributed by atoms with van der Waals surface area (Å²) < 4.78 is 7.17. The van der Waals surface area contributed by atoms with Crippen molar-refractivity contribution in [1.82, 2.24) is 10.0 Å². The molecule has 0 atom stereocenters. The van der Waals surface area contributed by atoms with Crippen LogP contribution in [0.25, 0.3) is 0 Å². The number of unbranched alkanes of at least 4 members (excludes halogenated alkanes) is 2. The fourth-order valence-electron chi connectivity index (χ4n) is 1.71. The summed E-state index contributed by atoms with van der Waals surface area (Å²) >= 11 is 0. The topological polar surface area (TPSA) is 52.5 Å². The van der Waals surface area contributed by atoms with Crippen molar-refractivity contribution in [2.45, 2.75) is 46.1 Å². The number of pyridine rings is 1. The predicted octanol–water partition coefficient (Wildman–Crippen LogP) is 1.98. The number of nitrogens with one attached hydrogen (secondary N) is 1. The summed E-state index contributed by atoms with van der Waals surface area (Å²) in [6, 6.07) is 1.57. The molecule has 0 aromatic carbocycles. The first-order chi connectivity index (χ1) is 9.72. The van der Waals surface area contributed by atoms with Gasteiger partial charge in [0.2, 0.25) is 5.43 Å². The van der Waals surface area contributed by atoms with Crippen molar-refractivity contribution in [1.29, 1.82) is 0 Å². The highest BCUT2D eigenvalue weighted by Gasteiger charge is 2.08. The lowest BCUT2D eigenvalue weighted by Gasteiger charge is -2.16. The van der Waals surface area contributed by atoms with Gasteiger partial charge in [0, 0.05) is 12.6 Å². The van der Waals surface area contributed by atoms with Gasteiger partial charge < -0.3 is 14.9 Å². The molecule has 0 unspecified atom stereocenters. The normalized spacial score (nSPS) is 10.6. The third kappa shape index (κ3) is 5.25. The molecule has 1 N–H and O–H groups in total. The number of ether oxygens (including phenoxy) is 1. The summed E-state index contributed by atoms with van der Waals surface area (Å²) in [5.74, 6) is 0.356. The second kappa shape index (κ2) is 9.42. The molecule has 0 bridgehead atoms. The third-order valence-electron chi connectivity index (χ3n) is 2.90. The van der Waals surface area contributed by atoms with Gasteiger partial charge in [0.05, 0.1) is 18.5 Å². The van der Waals surface area contributed by atoms with Crippen LogP contribution < -0.4 is 20.3 Å². The first-order valence-electron chi connectivity index (χ1n) is 7.39. The number of hydrogen-bond acceptors (Lipinski definition) is 4. The molecule has 114 valence electrons. The van der Waals surface area contributed by atoms with E-state index in [1.54, 1.807) is 17.0 Å².